The third kappa shape index (κ3) is 3.57. The Morgan fingerprint density at radius 1 is 1.45 bits per heavy atom. The topological polar surface area (TPSA) is 73.2 Å². The van der Waals surface area contributed by atoms with E-state index in [2.05, 4.69) is 9.62 Å². The molecule has 0 spiro atoms. The predicted octanol–water partition coefficient (Wildman–Crippen LogP) is 1.32. The van der Waals surface area contributed by atoms with Crippen LogP contribution in [0, 0.1) is 11.3 Å². The van der Waals surface area contributed by atoms with Crippen molar-refractivity contribution in [2.24, 2.45) is 0 Å². The van der Waals surface area contributed by atoms with Crippen molar-refractivity contribution in [1.82, 2.24) is 9.62 Å². The number of likely N-dealkylation sites (N-methyl/N-ethyl adjacent to an activating group) is 1. The molecule has 1 fully saturated rings. The molecule has 0 aliphatic carbocycles. The van der Waals surface area contributed by atoms with Gasteiger partial charge in [0.15, 0.2) is 0 Å². The molecule has 2 rings (SSSR count). The fraction of sp³-hybridized carbons (Fsp3) is 0.500. The van der Waals surface area contributed by atoms with E-state index in [-0.39, 0.29) is 10.9 Å². The fourth-order valence-corrected chi connectivity index (χ4v) is 3.54. The van der Waals surface area contributed by atoms with Crippen LogP contribution in [0.3, 0.4) is 0 Å². The molecular weight excluding hydrogens is 274 g/mol. The molecule has 1 heterocycles. The monoisotopic (exact) mass is 293 g/mol. The number of benzene rings is 1. The van der Waals surface area contributed by atoms with E-state index in [4.69, 9.17) is 5.26 Å². The second-order valence-corrected chi connectivity index (χ2v) is 6.89. The first-order valence-corrected chi connectivity index (χ1v) is 8.21. The number of hydrogen-bond donors (Lipinski definition) is 1. The Morgan fingerprint density at radius 2 is 2.25 bits per heavy atom. The zero-order chi connectivity index (χ0) is 14.6. The second-order valence-electron chi connectivity index (χ2n) is 5.12. The predicted molar refractivity (Wildman–Crippen MR) is 76.6 cm³/mol. The van der Waals surface area contributed by atoms with Crippen LogP contribution in [0.2, 0.25) is 0 Å². The summed E-state index contributed by atoms with van der Waals surface area (Å²) in [6.07, 6.45) is 3.32. The molecule has 0 radical (unpaired) electrons. The smallest absolute Gasteiger partial charge is 0.240 e. The summed E-state index contributed by atoms with van der Waals surface area (Å²) in [5.74, 6) is 0. The first kappa shape index (κ1) is 15.0. The summed E-state index contributed by atoms with van der Waals surface area (Å²) in [5, 5.41) is 8.82. The van der Waals surface area contributed by atoms with Gasteiger partial charge in [-0.3, -0.25) is 0 Å². The molecule has 6 heteroatoms. The van der Waals surface area contributed by atoms with Crippen LogP contribution < -0.4 is 4.72 Å². The molecular formula is C14H19N3O2S. The number of piperidine rings is 1. The average Bonchev–Trinajstić information content (AvgIpc) is 2.46. The average molecular weight is 293 g/mol. The van der Waals surface area contributed by atoms with Crippen molar-refractivity contribution in [3.05, 3.63) is 29.8 Å². The molecule has 0 aromatic heterocycles. The first-order chi connectivity index (χ1) is 9.53. The Bertz CT molecular complexity index is 607. The number of nitriles is 1. The van der Waals surface area contributed by atoms with Crippen LogP contribution in [0.5, 0.6) is 0 Å². The van der Waals surface area contributed by atoms with E-state index < -0.39 is 10.0 Å². The molecule has 1 N–H and O–H groups in total. The number of nitrogens with zero attached hydrogens (tertiary/aromatic N) is 2. The molecule has 20 heavy (non-hydrogen) atoms. The molecule has 1 aliphatic heterocycles. The minimum Gasteiger partial charge on any atom is -0.302 e. The molecule has 0 amide bonds. The number of likely N-dealkylation sites (tertiary alicyclic amines) is 1. The SMILES string of the molecule is CN1CCCCC1CNS(=O)(=O)c1cccc(C#N)c1. The second kappa shape index (κ2) is 6.35. The lowest BCUT2D eigenvalue weighted by Crippen LogP contribution is -2.44. The molecule has 1 saturated heterocycles. The van der Waals surface area contributed by atoms with Crippen LogP contribution in [0.4, 0.5) is 0 Å². The van der Waals surface area contributed by atoms with Crippen molar-refractivity contribution in [2.75, 3.05) is 20.1 Å². The van der Waals surface area contributed by atoms with Crippen LogP contribution >= 0.6 is 0 Å². The van der Waals surface area contributed by atoms with Gasteiger partial charge in [-0.1, -0.05) is 12.5 Å². The lowest BCUT2D eigenvalue weighted by Gasteiger charge is -2.32. The summed E-state index contributed by atoms with van der Waals surface area (Å²) in [4.78, 5) is 2.34. The van der Waals surface area contributed by atoms with Gasteiger partial charge in [0.25, 0.3) is 0 Å². The molecule has 0 saturated carbocycles. The van der Waals surface area contributed by atoms with Crippen molar-refractivity contribution in [3.8, 4) is 6.07 Å². The third-order valence-electron chi connectivity index (χ3n) is 3.70. The Morgan fingerprint density at radius 3 is 2.95 bits per heavy atom. The molecule has 1 atom stereocenters. The van der Waals surface area contributed by atoms with Gasteiger partial charge in [-0.15, -0.1) is 0 Å². The minimum absolute atomic E-state index is 0.148. The Kier molecular flexibility index (Phi) is 4.76. The lowest BCUT2D eigenvalue weighted by atomic mass is 10.0. The molecule has 1 aliphatic rings. The quantitative estimate of drug-likeness (QED) is 0.908. The molecule has 0 bridgehead atoms. The van der Waals surface area contributed by atoms with Crippen LogP contribution in [0.25, 0.3) is 0 Å². The highest BCUT2D eigenvalue weighted by Gasteiger charge is 2.22. The Hall–Kier alpha value is -1.42. The van der Waals surface area contributed by atoms with Crippen LogP contribution in [0.1, 0.15) is 24.8 Å². The highest BCUT2D eigenvalue weighted by atomic mass is 32.2. The van der Waals surface area contributed by atoms with Crippen molar-refractivity contribution >= 4 is 10.0 Å². The number of rotatable bonds is 4. The van der Waals surface area contributed by atoms with Gasteiger partial charge >= 0.3 is 0 Å². The van der Waals surface area contributed by atoms with Gasteiger partial charge in [-0.05, 0) is 44.6 Å². The van der Waals surface area contributed by atoms with Gasteiger partial charge in [0, 0.05) is 12.6 Å². The summed E-state index contributed by atoms with van der Waals surface area (Å²) < 4.78 is 27.1. The number of sulfonamides is 1. The highest BCUT2D eigenvalue weighted by Crippen LogP contribution is 2.16. The van der Waals surface area contributed by atoms with E-state index in [1.54, 1.807) is 12.1 Å². The maximum absolute atomic E-state index is 12.2. The summed E-state index contributed by atoms with van der Waals surface area (Å²) in [6.45, 7) is 1.42. The minimum atomic E-state index is -3.54. The third-order valence-corrected chi connectivity index (χ3v) is 5.13. The van der Waals surface area contributed by atoms with E-state index in [0.29, 0.717) is 12.1 Å². The van der Waals surface area contributed by atoms with E-state index in [1.807, 2.05) is 13.1 Å². The fourth-order valence-electron chi connectivity index (χ4n) is 2.42. The van der Waals surface area contributed by atoms with Gasteiger partial charge < -0.3 is 4.90 Å². The summed E-state index contributed by atoms with van der Waals surface area (Å²) in [7, 11) is -1.52. The lowest BCUT2D eigenvalue weighted by molar-refractivity contribution is 0.187. The zero-order valence-corrected chi connectivity index (χ0v) is 12.4. The largest absolute Gasteiger partial charge is 0.302 e. The van der Waals surface area contributed by atoms with Crippen LogP contribution in [0.15, 0.2) is 29.2 Å². The van der Waals surface area contributed by atoms with Crippen molar-refractivity contribution in [2.45, 2.75) is 30.2 Å². The standard InChI is InChI=1S/C14H19N3O2S/c1-17-8-3-2-6-13(17)11-16-20(18,19)14-7-4-5-12(9-14)10-15/h4-5,7,9,13,16H,2-3,6,8,11H2,1H3. The van der Waals surface area contributed by atoms with Gasteiger partial charge in [-0.25, -0.2) is 13.1 Å². The molecule has 108 valence electrons. The number of nitrogens with one attached hydrogen (secondary N) is 1. The number of hydrogen-bond acceptors (Lipinski definition) is 4. The van der Waals surface area contributed by atoms with Crippen molar-refractivity contribution < 1.29 is 8.42 Å². The van der Waals surface area contributed by atoms with E-state index in [9.17, 15) is 8.42 Å². The highest BCUT2D eigenvalue weighted by molar-refractivity contribution is 7.89. The van der Waals surface area contributed by atoms with Gasteiger partial charge in [0.2, 0.25) is 10.0 Å². The maximum atomic E-state index is 12.2. The molecule has 1 aromatic rings. The molecule has 5 nitrogen and oxygen atoms in total. The van der Waals surface area contributed by atoms with E-state index in [0.717, 1.165) is 19.4 Å². The maximum Gasteiger partial charge on any atom is 0.240 e. The van der Waals surface area contributed by atoms with Gasteiger partial charge in [0.1, 0.15) is 0 Å². The Labute approximate surface area is 120 Å². The normalized spacial score (nSPS) is 20.5. The first-order valence-electron chi connectivity index (χ1n) is 6.73. The van der Waals surface area contributed by atoms with E-state index in [1.165, 1.54) is 18.6 Å². The molecule has 1 aromatic carbocycles. The van der Waals surface area contributed by atoms with E-state index >= 15 is 0 Å². The van der Waals surface area contributed by atoms with Gasteiger partial charge in [0.05, 0.1) is 16.5 Å². The zero-order valence-electron chi connectivity index (χ0n) is 11.5. The van der Waals surface area contributed by atoms with Crippen molar-refractivity contribution in [1.29, 1.82) is 5.26 Å². The van der Waals surface area contributed by atoms with Gasteiger partial charge in [-0.2, -0.15) is 5.26 Å². The van der Waals surface area contributed by atoms with Crippen LogP contribution in [-0.4, -0.2) is 39.5 Å². The Balaban J connectivity index is 2.05. The van der Waals surface area contributed by atoms with Crippen LogP contribution in [-0.2, 0) is 10.0 Å². The summed E-state index contributed by atoms with van der Waals surface area (Å²) >= 11 is 0. The summed E-state index contributed by atoms with van der Waals surface area (Å²) in [5.41, 5.74) is 0.350. The summed E-state index contributed by atoms with van der Waals surface area (Å²) in [6, 6.07) is 8.28. The van der Waals surface area contributed by atoms with Crippen molar-refractivity contribution in [3.63, 3.8) is 0 Å². The molecule has 1 unspecified atom stereocenters.